The van der Waals surface area contributed by atoms with Crippen molar-refractivity contribution in [3.8, 4) is 11.1 Å². The minimum atomic E-state index is -2.82. The van der Waals surface area contributed by atoms with E-state index in [1.807, 2.05) is 0 Å². The highest BCUT2D eigenvalue weighted by atomic mass is 19.3. The topological polar surface area (TPSA) is 52.0 Å². The van der Waals surface area contributed by atoms with Gasteiger partial charge < -0.3 is 10.0 Å². The molecule has 2 aliphatic rings. The molecule has 0 amide bonds. The lowest BCUT2D eigenvalue weighted by molar-refractivity contribution is 0.0257. The van der Waals surface area contributed by atoms with E-state index in [9.17, 15) is 18.3 Å². The van der Waals surface area contributed by atoms with Crippen molar-refractivity contribution in [3.63, 3.8) is 0 Å². The van der Waals surface area contributed by atoms with Crippen molar-refractivity contribution in [1.82, 2.24) is 4.98 Å². The zero-order chi connectivity index (χ0) is 19.0. The Kier molecular flexibility index (Phi) is 4.35. The van der Waals surface area contributed by atoms with Gasteiger partial charge in [0.2, 0.25) is 6.35 Å². The number of aliphatic imine (C=N–C) groups is 1. The number of aliphatic hydroxyl groups excluding tert-OH is 1. The molecule has 1 aromatic heterocycles. The van der Waals surface area contributed by atoms with Crippen molar-refractivity contribution in [2.45, 2.75) is 18.7 Å². The van der Waals surface area contributed by atoms with Gasteiger partial charge in [0, 0.05) is 42.7 Å². The second kappa shape index (κ2) is 6.70. The van der Waals surface area contributed by atoms with Crippen molar-refractivity contribution in [3.05, 3.63) is 54.6 Å². The van der Waals surface area contributed by atoms with Gasteiger partial charge in [0.1, 0.15) is 5.82 Å². The van der Waals surface area contributed by atoms with Crippen LogP contribution in [0.25, 0.3) is 11.1 Å². The lowest BCUT2D eigenvalue weighted by Crippen LogP contribution is -2.34. The summed E-state index contributed by atoms with van der Waals surface area (Å²) in [5, 5.41) is 10.3. The lowest BCUT2D eigenvalue weighted by Gasteiger charge is -2.31. The molecule has 0 spiro atoms. The molecule has 5 nitrogen and oxygen atoms in total. The predicted octanol–water partition coefficient (Wildman–Crippen LogP) is 3.41. The SMILES string of the molecule is OC1N=CC=CN1c1c(-c2ccccc2F)ccnc1N1CCC(F)(F)C1. The highest BCUT2D eigenvalue weighted by Crippen LogP contribution is 2.42. The Hall–Kier alpha value is -2.87. The third-order valence-electron chi connectivity index (χ3n) is 4.60. The van der Waals surface area contributed by atoms with E-state index in [-0.39, 0.29) is 24.3 Å². The minimum absolute atomic E-state index is 0.116. The molecule has 0 aliphatic carbocycles. The minimum Gasteiger partial charge on any atom is -0.355 e. The molecule has 2 aliphatic heterocycles. The van der Waals surface area contributed by atoms with Crippen molar-refractivity contribution in [1.29, 1.82) is 0 Å². The van der Waals surface area contributed by atoms with Crippen LogP contribution >= 0.6 is 0 Å². The molecule has 1 fully saturated rings. The molecule has 1 unspecified atom stereocenters. The maximum Gasteiger partial charge on any atom is 0.266 e. The van der Waals surface area contributed by atoms with Crippen LogP contribution in [0.5, 0.6) is 0 Å². The Morgan fingerprint density at radius 3 is 2.67 bits per heavy atom. The van der Waals surface area contributed by atoms with Crippen LogP contribution in [0.1, 0.15) is 6.42 Å². The van der Waals surface area contributed by atoms with Gasteiger partial charge in [0.15, 0.2) is 5.82 Å². The highest BCUT2D eigenvalue weighted by Gasteiger charge is 2.40. The maximum atomic E-state index is 14.5. The number of benzene rings is 1. The number of allylic oxidation sites excluding steroid dienone is 1. The molecule has 0 radical (unpaired) electrons. The van der Waals surface area contributed by atoms with Crippen LogP contribution < -0.4 is 9.80 Å². The maximum absolute atomic E-state index is 14.5. The standard InChI is InChI=1S/C19H17F3N4O/c20-15-5-2-1-4-13(15)14-6-9-23-17(25-11-7-19(21,22)12-25)16(14)26-10-3-8-24-18(26)27/h1-6,8-10,18,27H,7,11-12H2. The number of hydrogen-bond acceptors (Lipinski definition) is 5. The van der Waals surface area contributed by atoms with Crippen LogP contribution in [0.3, 0.4) is 0 Å². The average molecular weight is 374 g/mol. The first-order valence-corrected chi connectivity index (χ1v) is 8.49. The number of rotatable bonds is 3. The summed E-state index contributed by atoms with van der Waals surface area (Å²) >= 11 is 0. The fourth-order valence-electron chi connectivity index (χ4n) is 3.34. The Labute approximate surface area is 154 Å². The largest absolute Gasteiger partial charge is 0.355 e. The highest BCUT2D eigenvalue weighted by molar-refractivity contribution is 5.89. The van der Waals surface area contributed by atoms with Gasteiger partial charge in [-0.05, 0) is 18.2 Å². The first kappa shape index (κ1) is 17.5. The normalized spacial score (nSPS) is 21.1. The summed E-state index contributed by atoms with van der Waals surface area (Å²) in [6.07, 6.45) is 4.52. The molecular weight excluding hydrogens is 357 g/mol. The summed E-state index contributed by atoms with van der Waals surface area (Å²) in [6.45, 7) is -0.366. The van der Waals surface area contributed by atoms with E-state index in [4.69, 9.17) is 0 Å². The van der Waals surface area contributed by atoms with E-state index in [1.54, 1.807) is 36.5 Å². The van der Waals surface area contributed by atoms with E-state index in [0.717, 1.165) is 0 Å². The zero-order valence-electron chi connectivity index (χ0n) is 14.3. The Morgan fingerprint density at radius 1 is 1.15 bits per heavy atom. The number of aromatic nitrogens is 1. The summed E-state index contributed by atoms with van der Waals surface area (Å²) in [5.74, 6) is -3.02. The zero-order valence-corrected chi connectivity index (χ0v) is 14.3. The molecule has 1 aromatic carbocycles. The van der Waals surface area contributed by atoms with E-state index < -0.39 is 24.6 Å². The van der Waals surface area contributed by atoms with E-state index in [0.29, 0.717) is 11.3 Å². The molecule has 27 heavy (non-hydrogen) atoms. The molecule has 1 atom stereocenters. The quantitative estimate of drug-likeness (QED) is 0.895. The second-order valence-electron chi connectivity index (χ2n) is 6.43. The molecule has 1 N–H and O–H groups in total. The molecule has 8 heteroatoms. The summed E-state index contributed by atoms with van der Waals surface area (Å²) in [5.41, 5.74) is 1.06. The van der Waals surface area contributed by atoms with Gasteiger partial charge in [0.25, 0.3) is 5.92 Å². The van der Waals surface area contributed by atoms with Crippen molar-refractivity contribution < 1.29 is 18.3 Å². The molecule has 3 heterocycles. The smallest absolute Gasteiger partial charge is 0.266 e. The Morgan fingerprint density at radius 2 is 1.96 bits per heavy atom. The second-order valence-corrected chi connectivity index (χ2v) is 6.43. The van der Waals surface area contributed by atoms with Crippen LogP contribution in [-0.4, -0.2) is 41.7 Å². The van der Waals surface area contributed by atoms with Crippen LogP contribution in [0.4, 0.5) is 24.7 Å². The fourth-order valence-corrected chi connectivity index (χ4v) is 3.34. The van der Waals surface area contributed by atoms with Crippen LogP contribution in [0, 0.1) is 5.82 Å². The van der Waals surface area contributed by atoms with Gasteiger partial charge in [-0.2, -0.15) is 0 Å². The monoisotopic (exact) mass is 374 g/mol. The van der Waals surface area contributed by atoms with Crippen molar-refractivity contribution in [2.75, 3.05) is 22.9 Å². The number of aliphatic hydroxyl groups is 1. The van der Waals surface area contributed by atoms with Gasteiger partial charge in [0.05, 0.1) is 12.2 Å². The van der Waals surface area contributed by atoms with Crippen molar-refractivity contribution in [2.24, 2.45) is 4.99 Å². The van der Waals surface area contributed by atoms with Gasteiger partial charge in [-0.1, -0.05) is 18.2 Å². The summed E-state index contributed by atoms with van der Waals surface area (Å²) in [6, 6.07) is 7.78. The number of anilines is 2. The van der Waals surface area contributed by atoms with Gasteiger partial charge >= 0.3 is 0 Å². The van der Waals surface area contributed by atoms with Crippen LogP contribution in [0.15, 0.2) is 53.8 Å². The fraction of sp³-hybridized carbons (Fsp3) is 0.263. The third-order valence-corrected chi connectivity index (χ3v) is 4.60. The summed E-state index contributed by atoms with van der Waals surface area (Å²) < 4.78 is 42.0. The Bertz CT molecular complexity index is 916. The first-order valence-electron chi connectivity index (χ1n) is 8.49. The van der Waals surface area contributed by atoms with Crippen molar-refractivity contribution >= 4 is 17.7 Å². The molecule has 1 saturated heterocycles. The molecule has 0 bridgehead atoms. The third kappa shape index (κ3) is 3.28. The number of hydrogen-bond donors (Lipinski definition) is 1. The van der Waals surface area contributed by atoms with Gasteiger partial charge in [-0.3, -0.25) is 4.90 Å². The predicted molar refractivity (Wildman–Crippen MR) is 97.5 cm³/mol. The van der Waals surface area contributed by atoms with E-state index in [2.05, 4.69) is 9.98 Å². The lowest BCUT2D eigenvalue weighted by atomic mass is 10.0. The van der Waals surface area contributed by atoms with Crippen LogP contribution in [0.2, 0.25) is 0 Å². The molecule has 0 saturated carbocycles. The number of halogens is 3. The molecule has 2 aromatic rings. The number of nitrogens with zero attached hydrogens (tertiary/aromatic N) is 4. The van der Waals surface area contributed by atoms with E-state index >= 15 is 0 Å². The van der Waals surface area contributed by atoms with E-state index in [1.165, 1.54) is 28.3 Å². The summed E-state index contributed by atoms with van der Waals surface area (Å²) in [4.78, 5) is 11.1. The van der Waals surface area contributed by atoms with Gasteiger partial charge in [-0.15, -0.1) is 0 Å². The number of pyridine rings is 1. The average Bonchev–Trinajstić information content (AvgIpc) is 3.02. The molecular formula is C19H17F3N4O. The first-order chi connectivity index (χ1) is 13.0. The Balaban J connectivity index is 1.90. The van der Waals surface area contributed by atoms with Crippen LogP contribution in [-0.2, 0) is 0 Å². The number of alkyl halides is 2. The van der Waals surface area contributed by atoms with Gasteiger partial charge in [-0.25, -0.2) is 23.1 Å². The summed E-state index contributed by atoms with van der Waals surface area (Å²) in [7, 11) is 0. The molecule has 4 rings (SSSR count). The molecule has 140 valence electrons.